The highest BCUT2D eigenvalue weighted by molar-refractivity contribution is 7.99. The summed E-state index contributed by atoms with van der Waals surface area (Å²) in [5.74, 6) is -0.0918. The van der Waals surface area contributed by atoms with Crippen LogP contribution in [0.25, 0.3) is 0 Å². The van der Waals surface area contributed by atoms with Crippen LogP contribution in [0.3, 0.4) is 0 Å². The van der Waals surface area contributed by atoms with Crippen LogP contribution in [0.5, 0.6) is 0 Å². The van der Waals surface area contributed by atoms with Crippen molar-refractivity contribution in [2.24, 2.45) is 0 Å². The number of esters is 1. The molecule has 2 heterocycles. The summed E-state index contributed by atoms with van der Waals surface area (Å²) >= 11 is 1.60. The minimum absolute atomic E-state index is 0.126. The number of hydrogen-bond donors (Lipinski definition) is 1. The number of carbonyl (C=O) groups excluding carboxylic acids is 1. The van der Waals surface area contributed by atoms with Crippen LogP contribution in [0.15, 0.2) is 42.5 Å². The normalized spacial score (nSPS) is 23.6. The van der Waals surface area contributed by atoms with Gasteiger partial charge in [-0.1, -0.05) is 12.1 Å². The number of aliphatic hydroxyl groups is 1. The summed E-state index contributed by atoms with van der Waals surface area (Å²) in [4.78, 5) is 16.7. The second-order valence-corrected chi connectivity index (χ2v) is 9.32. The molecule has 0 spiro atoms. The van der Waals surface area contributed by atoms with E-state index in [4.69, 9.17) is 9.47 Å². The minimum Gasteiger partial charge on any atom is -0.461 e. The standard InChI is InChI=1S/C24H29FN2O4S/c1-16-13-18(24(29)31-12-11-26-10-9-20(14-26)30-2)5-8-21(16)27-22(28)15-32-23(27)17-3-6-19(25)7-4-17/h3-8,13,20,22-23,28H,9-12,14-15H2,1-2H3/t20-,22?,23?/m0/s1. The Labute approximate surface area is 192 Å². The topological polar surface area (TPSA) is 62.2 Å². The number of ether oxygens (including phenoxy) is 2. The molecular weight excluding hydrogens is 431 g/mol. The molecule has 32 heavy (non-hydrogen) atoms. The summed E-state index contributed by atoms with van der Waals surface area (Å²) in [6.07, 6.45) is 0.603. The van der Waals surface area contributed by atoms with Gasteiger partial charge in [0, 0.05) is 38.2 Å². The molecule has 3 atom stereocenters. The van der Waals surface area contributed by atoms with E-state index >= 15 is 0 Å². The number of nitrogens with zero attached hydrogens (tertiary/aromatic N) is 2. The summed E-state index contributed by atoms with van der Waals surface area (Å²) in [5, 5.41) is 10.5. The van der Waals surface area contributed by atoms with Crippen LogP contribution in [0.1, 0.15) is 33.3 Å². The van der Waals surface area contributed by atoms with E-state index in [1.54, 1.807) is 43.1 Å². The number of aryl methyl sites for hydroxylation is 1. The predicted octanol–water partition coefficient (Wildman–Crippen LogP) is 3.58. The molecule has 0 radical (unpaired) electrons. The van der Waals surface area contributed by atoms with Gasteiger partial charge >= 0.3 is 5.97 Å². The first kappa shape index (κ1) is 23.0. The molecular formula is C24H29FN2O4S. The number of methoxy groups -OCH3 is 1. The van der Waals surface area contributed by atoms with Crippen LogP contribution in [0.2, 0.25) is 0 Å². The van der Waals surface area contributed by atoms with Crippen molar-refractivity contribution < 1.29 is 23.8 Å². The Balaban J connectivity index is 1.40. The van der Waals surface area contributed by atoms with Gasteiger partial charge < -0.3 is 19.5 Å². The van der Waals surface area contributed by atoms with E-state index in [1.165, 1.54) is 12.1 Å². The van der Waals surface area contributed by atoms with Gasteiger partial charge in [-0.3, -0.25) is 4.90 Å². The van der Waals surface area contributed by atoms with Crippen LogP contribution < -0.4 is 4.90 Å². The van der Waals surface area contributed by atoms with Gasteiger partial charge in [-0.25, -0.2) is 9.18 Å². The first-order chi connectivity index (χ1) is 15.5. The molecule has 0 aromatic heterocycles. The number of aliphatic hydroxyl groups excluding tert-OH is 1. The largest absolute Gasteiger partial charge is 0.461 e. The molecule has 2 unspecified atom stereocenters. The molecule has 0 amide bonds. The van der Waals surface area contributed by atoms with Crippen molar-refractivity contribution in [1.29, 1.82) is 0 Å². The van der Waals surface area contributed by atoms with E-state index in [9.17, 15) is 14.3 Å². The Morgan fingerprint density at radius 1 is 1.25 bits per heavy atom. The molecule has 6 nitrogen and oxygen atoms in total. The van der Waals surface area contributed by atoms with Crippen molar-refractivity contribution in [3.63, 3.8) is 0 Å². The molecule has 4 rings (SSSR count). The van der Waals surface area contributed by atoms with Gasteiger partial charge in [-0.15, -0.1) is 11.8 Å². The number of halogens is 1. The van der Waals surface area contributed by atoms with Crippen LogP contribution >= 0.6 is 11.8 Å². The van der Waals surface area contributed by atoms with Gasteiger partial charge in [-0.2, -0.15) is 0 Å². The first-order valence-corrected chi connectivity index (χ1v) is 11.9. The smallest absolute Gasteiger partial charge is 0.338 e. The van der Waals surface area contributed by atoms with Crippen LogP contribution in [-0.4, -0.2) is 67.4 Å². The monoisotopic (exact) mass is 460 g/mol. The minimum atomic E-state index is -0.664. The third-order valence-corrected chi connectivity index (χ3v) is 7.35. The summed E-state index contributed by atoms with van der Waals surface area (Å²) in [6, 6.07) is 11.7. The number of hydrogen-bond acceptors (Lipinski definition) is 7. The molecule has 8 heteroatoms. The van der Waals surface area contributed by atoms with Crippen LogP contribution in [0.4, 0.5) is 10.1 Å². The van der Waals surface area contributed by atoms with Crippen molar-refractivity contribution in [1.82, 2.24) is 4.90 Å². The Bertz CT molecular complexity index is 942. The zero-order valence-electron chi connectivity index (χ0n) is 18.4. The first-order valence-electron chi connectivity index (χ1n) is 10.8. The summed E-state index contributed by atoms with van der Waals surface area (Å²) in [6.45, 7) is 4.77. The van der Waals surface area contributed by atoms with E-state index < -0.39 is 6.23 Å². The quantitative estimate of drug-likeness (QED) is 0.634. The van der Waals surface area contributed by atoms with Crippen molar-refractivity contribution in [2.45, 2.75) is 31.1 Å². The number of rotatable bonds is 7. The Hall–Kier alpha value is -2.13. The second kappa shape index (κ2) is 10.2. The number of carbonyl (C=O) groups is 1. The number of anilines is 1. The van der Waals surface area contributed by atoms with Crippen molar-refractivity contribution in [3.05, 3.63) is 65.0 Å². The van der Waals surface area contributed by atoms with Gasteiger partial charge in [0.2, 0.25) is 0 Å². The molecule has 2 aliphatic rings. The fraction of sp³-hybridized carbons (Fsp3) is 0.458. The van der Waals surface area contributed by atoms with E-state index in [-0.39, 0.29) is 23.3 Å². The van der Waals surface area contributed by atoms with Gasteiger partial charge in [0.1, 0.15) is 24.0 Å². The molecule has 1 N–H and O–H groups in total. The van der Waals surface area contributed by atoms with Crippen molar-refractivity contribution in [2.75, 3.05) is 44.0 Å². The Morgan fingerprint density at radius 2 is 2.03 bits per heavy atom. The van der Waals surface area contributed by atoms with Gasteiger partial charge in [0.05, 0.1) is 11.7 Å². The molecule has 2 aromatic rings. The Morgan fingerprint density at radius 3 is 2.72 bits per heavy atom. The zero-order chi connectivity index (χ0) is 22.7. The van der Waals surface area contributed by atoms with Crippen molar-refractivity contribution in [3.8, 4) is 0 Å². The number of thioether (sulfide) groups is 1. The van der Waals surface area contributed by atoms with Gasteiger partial charge in [-0.05, 0) is 54.8 Å². The van der Waals surface area contributed by atoms with Crippen LogP contribution in [0, 0.1) is 12.7 Å². The number of benzene rings is 2. The molecule has 2 fully saturated rings. The lowest BCUT2D eigenvalue weighted by Crippen LogP contribution is -2.33. The molecule has 0 aliphatic carbocycles. The van der Waals surface area contributed by atoms with Gasteiger partial charge in [0.15, 0.2) is 0 Å². The van der Waals surface area contributed by atoms with E-state index in [0.29, 0.717) is 24.5 Å². The van der Waals surface area contributed by atoms with E-state index in [1.807, 2.05) is 17.9 Å². The zero-order valence-corrected chi connectivity index (χ0v) is 19.2. The summed E-state index contributed by atoms with van der Waals surface area (Å²) in [7, 11) is 1.72. The fourth-order valence-electron chi connectivity index (χ4n) is 4.28. The lowest BCUT2D eigenvalue weighted by molar-refractivity contribution is 0.0461. The van der Waals surface area contributed by atoms with Crippen molar-refractivity contribution >= 4 is 23.4 Å². The highest BCUT2D eigenvalue weighted by Gasteiger charge is 2.35. The molecule has 172 valence electrons. The maximum absolute atomic E-state index is 13.3. The average Bonchev–Trinajstić information content (AvgIpc) is 3.41. The van der Waals surface area contributed by atoms with Gasteiger partial charge in [0.25, 0.3) is 0 Å². The number of likely N-dealkylation sites (tertiary alicyclic amines) is 1. The predicted molar refractivity (Wildman–Crippen MR) is 123 cm³/mol. The second-order valence-electron chi connectivity index (χ2n) is 8.21. The summed E-state index contributed by atoms with van der Waals surface area (Å²) in [5.41, 5.74) is 3.13. The maximum atomic E-state index is 13.3. The molecule has 2 aromatic carbocycles. The molecule has 2 aliphatic heterocycles. The fourth-order valence-corrected chi connectivity index (χ4v) is 5.56. The van der Waals surface area contributed by atoms with Crippen LogP contribution in [-0.2, 0) is 9.47 Å². The summed E-state index contributed by atoms with van der Waals surface area (Å²) < 4.78 is 24.2. The van der Waals surface area contributed by atoms with E-state index in [2.05, 4.69) is 4.90 Å². The average molecular weight is 461 g/mol. The highest BCUT2D eigenvalue weighted by Crippen LogP contribution is 2.44. The molecule has 0 saturated carbocycles. The molecule has 2 saturated heterocycles. The SMILES string of the molecule is CO[C@H]1CCN(CCOC(=O)c2ccc(N3C(O)CSC3c3ccc(F)cc3)c(C)c2)C1. The molecule has 0 bridgehead atoms. The maximum Gasteiger partial charge on any atom is 0.338 e. The highest BCUT2D eigenvalue weighted by atomic mass is 32.2. The Kier molecular flexibility index (Phi) is 7.35. The third kappa shape index (κ3) is 5.09. The third-order valence-electron chi connectivity index (χ3n) is 6.05. The van der Waals surface area contributed by atoms with E-state index in [0.717, 1.165) is 36.3 Å². The lowest BCUT2D eigenvalue weighted by atomic mass is 10.1. The lowest BCUT2D eigenvalue weighted by Gasteiger charge is -2.30.